The Balaban J connectivity index is 1.55. The Morgan fingerprint density at radius 1 is 1.00 bits per heavy atom. The highest BCUT2D eigenvalue weighted by atomic mass is 16.5. The number of carbonyl (C=O) groups is 1. The highest BCUT2D eigenvalue weighted by Crippen LogP contribution is 2.66. The van der Waals surface area contributed by atoms with Gasteiger partial charge in [0, 0.05) is 6.04 Å². The zero-order valence-corrected chi connectivity index (χ0v) is 16.1. The Labute approximate surface area is 152 Å². The van der Waals surface area contributed by atoms with Crippen molar-refractivity contribution in [3.8, 4) is 0 Å². The molecule has 0 bridgehead atoms. The molecule has 4 rings (SSSR count). The number of carbonyl (C=O) groups excluding carboxylic acids is 1. The first-order valence-corrected chi connectivity index (χ1v) is 10.4. The van der Waals surface area contributed by atoms with Gasteiger partial charge in [0.15, 0.2) is 0 Å². The quantitative estimate of drug-likeness (QED) is 0.749. The SMILES string of the molecule is COC(=O)N[C@H]1CC[C@H]2[C@@H]3CC[C@@H]4C[C@@H](O)CC[C@]4(C)[C@H]3CC[C@]12C. The third-order valence-electron chi connectivity index (χ3n) is 9.12. The first-order chi connectivity index (χ1) is 11.9. The first-order valence-electron chi connectivity index (χ1n) is 10.4. The minimum Gasteiger partial charge on any atom is -0.453 e. The number of hydrogen-bond acceptors (Lipinski definition) is 3. The third kappa shape index (κ3) is 2.62. The molecule has 2 N–H and O–H groups in total. The molecule has 4 nitrogen and oxygen atoms in total. The fraction of sp³-hybridized carbons (Fsp3) is 0.952. The van der Waals surface area contributed by atoms with Gasteiger partial charge in [0.1, 0.15) is 0 Å². The van der Waals surface area contributed by atoms with E-state index in [4.69, 9.17) is 4.74 Å². The van der Waals surface area contributed by atoms with Crippen LogP contribution in [-0.2, 0) is 4.74 Å². The van der Waals surface area contributed by atoms with Crippen molar-refractivity contribution in [3.63, 3.8) is 0 Å². The van der Waals surface area contributed by atoms with E-state index in [-0.39, 0.29) is 23.7 Å². The molecule has 4 saturated carbocycles. The van der Waals surface area contributed by atoms with Crippen LogP contribution in [0.5, 0.6) is 0 Å². The molecule has 8 atom stereocenters. The summed E-state index contributed by atoms with van der Waals surface area (Å²) in [7, 11) is 1.46. The number of nitrogens with one attached hydrogen (secondary N) is 1. The number of aliphatic hydroxyl groups excluding tert-OH is 1. The van der Waals surface area contributed by atoms with E-state index in [2.05, 4.69) is 19.2 Å². The van der Waals surface area contributed by atoms with Crippen LogP contribution < -0.4 is 5.32 Å². The van der Waals surface area contributed by atoms with E-state index >= 15 is 0 Å². The van der Waals surface area contributed by atoms with Gasteiger partial charge in [0.25, 0.3) is 0 Å². The molecule has 4 aliphatic rings. The van der Waals surface area contributed by atoms with Crippen LogP contribution in [0.15, 0.2) is 0 Å². The number of amides is 1. The normalized spacial score (nSPS) is 51.8. The van der Waals surface area contributed by atoms with Crippen molar-refractivity contribution in [1.29, 1.82) is 0 Å². The van der Waals surface area contributed by atoms with Crippen molar-refractivity contribution >= 4 is 6.09 Å². The fourth-order valence-electron chi connectivity index (χ4n) is 7.67. The van der Waals surface area contributed by atoms with Crippen LogP contribution in [0.25, 0.3) is 0 Å². The minimum absolute atomic E-state index is 0.0661. The van der Waals surface area contributed by atoms with Gasteiger partial charge >= 0.3 is 6.09 Å². The number of hydrogen-bond donors (Lipinski definition) is 2. The monoisotopic (exact) mass is 349 g/mol. The molecule has 4 fully saturated rings. The van der Waals surface area contributed by atoms with Crippen molar-refractivity contribution in [2.45, 2.75) is 83.8 Å². The summed E-state index contributed by atoms with van der Waals surface area (Å²) in [5, 5.41) is 13.3. The van der Waals surface area contributed by atoms with Crippen LogP contribution >= 0.6 is 0 Å². The van der Waals surface area contributed by atoms with Crippen molar-refractivity contribution in [2.75, 3.05) is 7.11 Å². The van der Waals surface area contributed by atoms with Crippen LogP contribution in [0.4, 0.5) is 4.79 Å². The lowest BCUT2D eigenvalue weighted by molar-refractivity contribution is -0.123. The lowest BCUT2D eigenvalue weighted by atomic mass is 9.45. The summed E-state index contributed by atoms with van der Waals surface area (Å²) in [6, 6.07) is 0.268. The van der Waals surface area contributed by atoms with E-state index in [1.807, 2.05) is 0 Å². The Morgan fingerprint density at radius 3 is 2.48 bits per heavy atom. The molecule has 0 spiro atoms. The van der Waals surface area contributed by atoms with Crippen molar-refractivity contribution < 1.29 is 14.6 Å². The maximum atomic E-state index is 11.8. The van der Waals surface area contributed by atoms with Crippen LogP contribution in [-0.4, -0.2) is 30.5 Å². The summed E-state index contributed by atoms with van der Waals surface area (Å²) in [4.78, 5) is 11.8. The lowest BCUT2D eigenvalue weighted by Crippen LogP contribution is -2.56. The predicted molar refractivity (Wildman–Crippen MR) is 97.1 cm³/mol. The van der Waals surface area contributed by atoms with Crippen molar-refractivity contribution in [1.82, 2.24) is 5.32 Å². The highest BCUT2D eigenvalue weighted by molar-refractivity contribution is 5.67. The fourth-order valence-corrected chi connectivity index (χ4v) is 7.67. The minimum atomic E-state index is -0.272. The number of alkyl carbamates (subject to hydrolysis) is 1. The molecule has 1 amide bonds. The molecule has 0 unspecified atom stereocenters. The molecule has 4 heteroatoms. The second-order valence-electron chi connectivity index (χ2n) is 9.90. The number of methoxy groups -OCH3 is 1. The summed E-state index contributed by atoms with van der Waals surface area (Å²) in [6.45, 7) is 4.95. The molecule has 142 valence electrons. The van der Waals surface area contributed by atoms with Crippen molar-refractivity contribution in [2.24, 2.45) is 34.5 Å². The topological polar surface area (TPSA) is 58.6 Å². The molecule has 4 aliphatic carbocycles. The average molecular weight is 350 g/mol. The van der Waals surface area contributed by atoms with E-state index in [0.29, 0.717) is 11.3 Å². The van der Waals surface area contributed by atoms with E-state index in [1.165, 1.54) is 45.6 Å². The van der Waals surface area contributed by atoms with Gasteiger partial charge in [0.05, 0.1) is 13.2 Å². The Bertz CT molecular complexity index is 537. The lowest BCUT2D eigenvalue weighted by Gasteiger charge is -2.60. The van der Waals surface area contributed by atoms with Gasteiger partial charge in [-0.05, 0) is 92.3 Å². The van der Waals surface area contributed by atoms with Crippen LogP contribution in [0.3, 0.4) is 0 Å². The molecule has 0 aromatic heterocycles. The molecule has 0 aromatic carbocycles. The number of aliphatic hydroxyl groups is 1. The van der Waals surface area contributed by atoms with E-state index in [9.17, 15) is 9.90 Å². The third-order valence-corrected chi connectivity index (χ3v) is 9.12. The Hall–Kier alpha value is -0.770. The van der Waals surface area contributed by atoms with E-state index in [1.54, 1.807) is 0 Å². The predicted octanol–water partition coefficient (Wildman–Crippen LogP) is 4.11. The summed E-state index contributed by atoms with van der Waals surface area (Å²) < 4.78 is 4.87. The second-order valence-corrected chi connectivity index (χ2v) is 9.90. The van der Waals surface area contributed by atoms with Gasteiger partial charge in [-0.15, -0.1) is 0 Å². The Kier molecular flexibility index (Phi) is 4.33. The van der Waals surface area contributed by atoms with E-state index in [0.717, 1.165) is 37.0 Å². The maximum Gasteiger partial charge on any atom is 0.407 e. The summed E-state index contributed by atoms with van der Waals surface area (Å²) in [5.41, 5.74) is 0.657. The molecule has 0 aliphatic heterocycles. The summed E-state index contributed by atoms with van der Waals surface area (Å²) in [6.07, 6.45) is 10.3. The average Bonchev–Trinajstić information content (AvgIpc) is 2.92. The first kappa shape index (κ1) is 17.6. The van der Waals surface area contributed by atoms with Crippen molar-refractivity contribution in [3.05, 3.63) is 0 Å². The summed E-state index contributed by atoms with van der Waals surface area (Å²) >= 11 is 0. The molecule has 0 heterocycles. The largest absolute Gasteiger partial charge is 0.453 e. The maximum absolute atomic E-state index is 11.8. The second kappa shape index (κ2) is 6.14. The van der Waals surface area contributed by atoms with Crippen LogP contribution in [0.2, 0.25) is 0 Å². The van der Waals surface area contributed by atoms with Gasteiger partial charge in [-0.25, -0.2) is 4.79 Å². The van der Waals surface area contributed by atoms with Gasteiger partial charge in [0.2, 0.25) is 0 Å². The van der Waals surface area contributed by atoms with Gasteiger partial charge in [-0.2, -0.15) is 0 Å². The number of ether oxygens (including phenoxy) is 1. The zero-order valence-electron chi connectivity index (χ0n) is 16.1. The van der Waals surface area contributed by atoms with Gasteiger partial charge in [-0.1, -0.05) is 13.8 Å². The molecule has 0 saturated heterocycles. The molecule has 0 aromatic rings. The number of rotatable bonds is 1. The number of fused-ring (bicyclic) bond motifs is 5. The standard InChI is InChI=1S/C21H35NO3/c1-20-10-8-14(23)12-13(20)4-5-15-16-6-7-18(22-19(24)25-3)21(16,2)11-9-17(15)20/h13-18,23H,4-12H2,1-3H3,(H,22,24)/t13-,14+,15+,16+,17+,18+,20+,21+/m1/s1. The molecule has 0 radical (unpaired) electrons. The highest BCUT2D eigenvalue weighted by Gasteiger charge is 2.60. The molecular formula is C21H35NO3. The van der Waals surface area contributed by atoms with Gasteiger partial charge < -0.3 is 15.2 Å². The molecular weight excluding hydrogens is 314 g/mol. The zero-order chi connectivity index (χ0) is 17.8. The van der Waals surface area contributed by atoms with Crippen LogP contribution in [0.1, 0.15) is 71.6 Å². The Morgan fingerprint density at radius 2 is 1.72 bits per heavy atom. The molecule has 25 heavy (non-hydrogen) atoms. The van der Waals surface area contributed by atoms with E-state index < -0.39 is 0 Å². The van der Waals surface area contributed by atoms with Gasteiger partial charge in [-0.3, -0.25) is 0 Å². The smallest absolute Gasteiger partial charge is 0.407 e. The summed E-state index contributed by atoms with van der Waals surface area (Å²) in [5.74, 6) is 3.07. The van der Waals surface area contributed by atoms with Crippen LogP contribution in [0, 0.1) is 34.5 Å².